The van der Waals surface area contributed by atoms with E-state index in [1.165, 1.54) is 0 Å². The zero-order chi connectivity index (χ0) is 12.3. The lowest BCUT2D eigenvalue weighted by Gasteiger charge is -2.23. The molecule has 1 aliphatic rings. The number of anilines is 2. The maximum absolute atomic E-state index is 5.93. The highest BCUT2D eigenvalue weighted by Crippen LogP contribution is 2.19. The average molecular weight is 230 g/mol. The summed E-state index contributed by atoms with van der Waals surface area (Å²) in [7, 11) is 2.20. The normalized spacial score (nSPS) is 16.5. The number of rotatable bonds is 4. The summed E-state index contributed by atoms with van der Waals surface area (Å²) in [6.45, 7) is 1.08. The third-order valence-electron chi connectivity index (χ3n) is 3.22. The molecule has 17 heavy (non-hydrogen) atoms. The second-order valence-electron chi connectivity index (χ2n) is 4.82. The standard InChI is InChI=1S/C14H20N3/c1-17(8-2-3-9-17)10-4-5-12-11-13(15)6-7-14(12)16/h2-3,6-9,11H,4-5,10,15-16H2,1H3/q+1. The van der Waals surface area contributed by atoms with Gasteiger partial charge in [-0.25, -0.2) is 0 Å². The van der Waals surface area contributed by atoms with E-state index in [-0.39, 0.29) is 0 Å². The van der Waals surface area contributed by atoms with Gasteiger partial charge in [0.15, 0.2) is 0 Å². The van der Waals surface area contributed by atoms with Crippen LogP contribution >= 0.6 is 0 Å². The Kier molecular flexibility index (Phi) is 3.20. The van der Waals surface area contributed by atoms with Crippen molar-refractivity contribution in [1.82, 2.24) is 0 Å². The quantitative estimate of drug-likeness (QED) is 0.616. The summed E-state index contributed by atoms with van der Waals surface area (Å²) in [4.78, 5) is 0. The van der Waals surface area contributed by atoms with Crippen molar-refractivity contribution in [1.29, 1.82) is 0 Å². The van der Waals surface area contributed by atoms with Gasteiger partial charge in [0.1, 0.15) is 12.4 Å². The lowest BCUT2D eigenvalue weighted by Crippen LogP contribution is -2.31. The van der Waals surface area contributed by atoms with Crippen molar-refractivity contribution in [3.8, 4) is 0 Å². The predicted octanol–water partition coefficient (Wildman–Crippen LogP) is 2.27. The molecule has 0 aliphatic carbocycles. The molecular weight excluding hydrogens is 210 g/mol. The Morgan fingerprint density at radius 2 is 1.82 bits per heavy atom. The molecule has 1 heterocycles. The summed E-state index contributed by atoms with van der Waals surface area (Å²) in [5.74, 6) is 0. The summed E-state index contributed by atoms with van der Waals surface area (Å²) >= 11 is 0. The second-order valence-corrected chi connectivity index (χ2v) is 4.82. The number of nitrogens with two attached hydrogens (primary N) is 2. The van der Waals surface area contributed by atoms with Crippen molar-refractivity contribution in [3.63, 3.8) is 0 Å². The molecule has 0 unspecified atom stereocenters. The monoisotopic (exact) mass is 230 g/mol. The molecule has 1 aromatic carbocycles. The number of hydrogen-bond donors (Lipinski definition) is 2. The number of aryl methyl sites for hydroxylation is 1. The van der Waals surface area contributed by atoms with Crippen LogP contribution < -0.4 is 11.5 Å². The molecule has 0 bridgehead atoms. The van der Waals surface area contributed by atoms with E-state index in [1.807, 2.05) is 18.2 Å². The van der Waals surface area contributed by atoms with E-state index in [9.17, 15) is 0 Å². The molecule has 0 amide bonds. The number of quaternary nitrogens is 1. The first-order chi connectivity index (χ1) is 8.09. The highest BCUT2D eigenvalue weighted by atomic mass is 15.3. The highest BCUT2D eigenvalue weighted by Gasteiger charge is 2.17. The van der Waals surface area contributed by atoms with Crippen molar-refractivity contribution in [2.75, 3.05) is 25.1 Å². The Morgan fingerprint density at radius 1 is 1.12 bits per heavy atom. The largest absolute Gasteiger partial charge is 0.399 e. The van der Waals surface area contributed by atoms with Crippen LogP contribution in [0.1, 0.15) is 12.0 Å². The Hall–Kier alpha value is -1.74. The first kappa shape index (κ1) is 11.7. The van der Waals surface area contributed by atoms with Crippen molar-refractivity contribution < 1.29 is 4.48 Å². The summed E-state index contributed by atoms with van der Waals surface area (Å²) in [6.07, 6.45) is 10.7. The molecular formula is C14H20N3+. The summed E-state index contributed by atoms with van der Waals surface area (Å²) in [6, 6.07) is 5.71. The molecule has 0 atom stereocenters. The third kappa shape index (κ3) is 2.88. The minimum atomic E-state index is 0.788. The Labute approximate surface area is 103 Å². The van der Waals surface area contributed by atoms with Crippen LogP contribution in [0, 0.1) is 0 Å². The van der Waals surface area contributed by atoms with Gasteiger partial charge in [-0.15, -0.1) is 0 Å². The van der Waals surface area contributed by atoms with Gasteiger partial charge in [0.25, 0.3) is 0 Å². The lowest BCUT2D eigenvalue weighted by atomic mass is 10.1. The molecule has 0 fully saturated rings. The van der Waals surface area contributed by atoms with Gasteiger partial charge in [-0.3, -0.25) is 4.48 Å². The van der Waals surface area contributed by atoms with E-state index in [0.29, 0.717) is 0 Å². The fourth-order valence-corrected chi connectivity index (χ4v) is 2.14. The van der Waals surface area contributed by atoms with Gasteiger partial charge in [0.05, 0.1) is 13.6 Å². The van der Waals surface area contributed by atoms with Crippen LogP contribution in [-0.2, 0) is 6.42 Å². The van der Waals surface area contributed by atoms with Crippen molar-refractivity contribution in [2.24, 2.45) is 0 Å². The van der Waals surface area contributed by atoms with E-state index in [4.69, 9.17) is 11.5 Å². The Balaban J connectivity index is 1.92. The van der Waals surface area contributed by atoms with Gasteiger partial charge in [-0.1, -0.05) is 0 Å². The summed E-state index contributed by atoms with van der Waals surface area (Å²) in [5, 5.41) is 0. The maximum atomic E-state index is 5.93. The van der Waals surface area contributed by atoms with Gasteiger partial charge in [0, 0.05) is 17.8 Å². The van der Waals surface area contributed by atoms with Gasteiger partial charge >= 0.3 is 0 Å². The molecule has 3 heteroatoms. The molecule has 2 rings (SSSR count). The van der Waals surface area contributed by atoms with E-state index >= 15 is 0 Å². The molecule has 0 spiro atoms. The van der Waals surface area contributed by atoms with Crippen molar-refractivity contribution in [3.05, 3.63) is 48.3 Å². The minimum absolute atomic E-state index is 0.788. The molecule has 4 N–H and O–H groups in total. The number of benzene rings is 1. The number of hydrogen-bond acceptors (Lipinski definition) is 2. The molecule has 0 aromatic heterocycles. The number of allylic oxidation sites excluding steroid dienone is 2. The smallest absolute Gasteiger partial charge is 0.100 e. The van der Waals surface area contributed by atoms with Crippen LogP contribution in [0.5, 0.6) is 0 Å². The summed E-state index contributed by atoms with van der Waals surface area (Å²) < 4.78 is 0.877. The molecule has 0 saturated heterocycles. The first-order valence-corrected chi connectivity index (χ1v) is 5.95. The Bertz CT molecular complexity index is 449. The van der Waals surface area contributed by atoms with Crippen LogP contribution in [0.25, 0.3) is 0 Å². The van der Waals surface area contributed by atoms with Gasteiger partial charge < -0.3 is 11.5 Å². The van der Waals surface area contributed by atoms with E-state index in [2.05, 4.69) is 31.6 Å². The third-order valence-corrected chi connectivity index (χ3v) is 3.22. The fraction of sp³-hybridized carbons (Fsp3) is 0.286. The van der Waals surface area contributed by atoms with Gasteiger partial charge in [0.2, 0.25) is 0 Å². The molecule has 1 aliphatic heterocycles. The topological polar surface area (TPSA) is 52.0 Å². The van der Waals surface area contributed by atoms with Crippen molar-refractivity contribution >= 4 is 11.4 Å². The van der Waals surface area contributed by atoms with Gasteiger partial charge in [-0.2, -0.15) is 0 Å². The van der Waals surface area contributed by atoms with Crippen LogP contribution in [0.15, 0.2) is 42.8 Å². The van der Waals surface area contributed by atoms with E-state index in [0.717, 1.165) is 40.8 Å². The summed E-state index contributed by atoms with van der Waals surface area (Å²) in [5.41, 5.74) is 14.5. The van der Waals surface area contributed by atoms with Crippen LogP contribution in [0.2, 0.25) is 0 Å². The van der Waals surface area contributed by atoms with Crippen LogP contribution in [-0.4, -0.2) is 18.1 Å². The molecule has 1 aromatic rings. The predicted molar refractivity (Wildman–Crippen MR) is 72.9 cm³/mol. The molecule has 0 radical (unpaired) electrons. The number of nitrogen functional groups attached to an aromatic ring is 2. The first-order valence-electron chi connectivity index (χ1n) is 5.95. The lowest BCUT2D eigenvalue weighted by molar-refractivity contribution is -0.804. The zero-order valence-electron chi connectivity index (χ0n) is 10.3. The van der Waals surface area contributed by atoms with Crippen LogP contribution in [0.4, 0.5) is 11.4 Å². The highest BCUT2D eigenvalue weighted by molar-refractivity contribution is 5.55. The van der Waals surface area contributed by atoms with Crippen molar-refractivity contribution in [2.45, 2.75) is 12.8 Å². The SMILES string of the molecule is C[N+]1(CCCc2cc(N)ccc2N)C=CC=C1. The Morgan fingerprint density at radius 3 is 2.53 bits per heavy atom. The van der Waals surface area contributed by atoms with E-state index < -0.39 is 0 Å². The number of nitrogens with zero attached hydrogens (tertiary/aromatic N) is 1. The maximum Gasteiger partial charge on any atom is 0.100 e. The average Bonchev–Trinajstić information content (AvgIpc) is 2.71. The zero-order valence-corrected chi connectivity index (χ0v) is 10.3. The van der Waals surface area contributed by atoms with Crippen LogP contribution in [0.3, 0.4) is 0 Å². The molecule has 0 saturated carbocycles. The molecule has 3 nitrogen and oxygen atoms in total. The molecule has 90 valence electrons. The fourth-order valence-electron chi connectivity index (χ4n) is 2.14. The van der Waals surface area contributed by atoms with Gasteiger partial charge in [-0.05, 0) is 42.3 Å². The van der Waals surface area contributed by atoms with E-state index in [1.54, 1.807) is 0 Å². The second kappa shape index (κ2) is 4.63. The minimum Gasteiger partial charge on any atom is -0.399 e.